The quantitative estimate of drug-likeness (QED) is 0.933. The zero-order chi connectivity index (χ0) is 14.7. The van der Waals surface area contributed by atoms with Crippen LogP contribution in [0.15, 0.2) is 54.6 Å². The molecule has 0 radical (unpaired) electrons. The maximum atomic E-state index is 9.06. The Balaban J connectivity index is 1.96. The second kappa shape index (κ2) is 6.29. The number of ether oxygens (including phenoxy) is 2. The second-order valence-electron chi connectivity index (χ2n) is 5.36. The van der Waals surface area contributed by atoms with Gasteiger partial charge in [0.25, 0.3) is 0 Å². The number of aliphatic hydroxyl groups is 1. The third-order valence-electron chi connectivity index (χ3n) is 3.95. The summed E-state index contributed by atoms with van der Waals surface area (Å²) < 4.78 is 12.1. The van der Waals surface area contributed by atoms with Crippen LogP contribution < -0.4 is 4.74 Å². The molecule has 3 heteroatoms. The molecular formula is C18H20O3. The fraction of sp³-hybridized carbons (Fsp3) is 0.333. The molecule has 0 saturated heterocycles. The van der Waals surface area contributed by atoms with E-state index in [0.29, 0.717) is 6.61 Å². The van der Waals surface area contributed by atoms with Crippen molar-refractivity contribution in [3.8, 4) is 5.75 Å². The number of hydrogen-bond donors (Lipinski definition) is 1. The number of para-hydroxylation sites is 1. The van der Waals surface area contributed by atoms with Crippen molar-refractivity contribution < 1.29 is 14.6 Å². The highest BCUT2D eigenvalue weighted by molar-refractivity contribution is 5.39. The van der Waals surface area contributed by atoms with Gasteiger partial charge in [0, 0.05) is 11.5 Å². The van der Waals surface area contributed by atoms with E-state index in [-0.39, 0.29) is 24.7 Å². The molecular weight excluding hydrogens is 264 g/mol. The van der Waals surface area contributed by atoms with E-state index in [1.165, 1.54) is 0 Å². The third-order valence-corrected chi connectivity index (χ3v) is 3.95. The van der Waals surface area contributed by atoms with Crippen LogP contribution in [-0.4, -0.2) is 18.3 Å². The molecule has 0 spiro atoms. The van der Waals surface area contributed by atoms with Crippen molar-refractivity contribution in [2.75, 3.05) is 13.2 Å². The summed E-state index contributed by atoms with van der Waals surface area (Å²) in [4.78, 5) is 0. The van der Waals surface area contributed by atoms with E-state index >= 15 is 0 Å². The highest BCUT2D eigenvalue weighted by atomic mass is 16.5. The molecule has 0 saturated carbocycles. The lowest BCUT2D eigenvalue weighted by Gasteiger charge is -2.38. The van der Waals surface area contributed by atoms with E-state index in [1.807, 2.05) is 42.5 Å². The molecule has 0 aliphatic carbocycles. The highest BCUT2D eigenvalue weighted by Gasteiger charge is 2.36. The molecule has 1 aliphatic heterocycles. The van der Waals surface area contributed by atoms with Gasteiger partial charge in [-0.3, -0.25) is 0 Å². The Morgan fingerprint density at radius 3 is 2.52 bits per heavy atom. The molecule has 3 unspecified atom stereocenters. The number of fused-ring (bicyclic) bond motifs is 1. The van der Waals surface area contributed by atoms with Crippen LogP contribution in [-0.2, 0) is 4.74 Å². The van der Waals surface area contributed by atoms with E-state index in [0.717, 1.165) is 16.9 Å². The van der Waals surface area contributed by atoms with Crippen molar-refractivity contribution in [1.82, 2.24) is 0 Å². The zero-order valence-electron chi connectivity index (χ0n) is 12.1. The Morgan fingerprint density at radius 2 is 1.76 bits per heavy atom. The molecule has 0 aromatic heterocycles. The van der Waals surface area contributed by atoms with Gasteiger partial charge in [-0.05, 0) is 11.6 Å². The topological polar surface area (TPSA) is 38.7 Å². The number of hydrogen-bond acceptors (Lipinski definition) is 3. The van der Waals surface area contributed by atoms with Crippen LogP contribution in [0.1, 0.15) is 30.3 Å². The Hall–Kier alpha value is -1.84. The van der Waals surface area contributed by atoms with Crippen molar-refractivity contribution in [1.29, 1.82) is 0 Å². The highest BCUT2D eigenvalue weighted by Crippen LogP contribution is 2.46. The molecule has 0 fully saturated rings. The Bertz CT molecular complexity index is 582. The van der Waals surface area contributed by atoms with E-state index in [4.69, 9.17) is 14.6 Å². The first kappa shape index (κ1) is 14.1. The van der Waals surface area contributed by atoms with E-state index < -0.39 is 0 Å². The summed E-state index contributed by atoms with van der Waals surface area (Å²) in [6.45, 7) is 2.50. The summed E-state index contributed by atoms with van der Waals surface area (Å²) in [6.07, 6.45) is -0.0999. The van der Waals surface area contributed by atoms with Gasteiger partial charge in [-0.25, -0.2) is 0 Å². The zero-order valence-corrected chi connectivity index (χ0v) is 12.1. The van der Waals surface area contributed by atoms with Gasteiger partial charge in [-0.1, -0.05) is 55.5 Å². The van der Waals surface area contributed by atoms with Crippen molar-refractivity contribution in [3.05, 3.63) is 65.7 Å². The minimum atomic E-state index is -0.0627. The maximum Gasteiger partial charge on any atom is 0.129 e. The Labute approximate surface area is 125 Å². The van der Waals surface area contributed by atoms with Crippen molar-refractivity contribution in [3.63, 3.8) is 0 Å². The van der Waals surface area contributed by atoms with Crippen LogP contribution >= 0.6 is 0 Å². The first-order valence-electron chi connectivity index (χ1n) is 7.34. The van der Waals surface area contributed by atoms with Gasteiger partial charge < -0.3 is 14.6 Å². The molecule has 1 aliphatic rings. The van der Waals surface area contributed by atoms with E-state index in [9.17, 15) is 0 Å². The van der Waals surface area contributed by atoms with Crippen LogP contribution in [0.25, 0.3) is 0 Å². The lowest BCUT2D eigenvalue weighted by Crippen LogP contribution is -2.30. The molecule has 3 rings (SSSR count). The minimum Gasteiger partial charge on any atom is -0.485 e. The van der Waals surface area contributed by atoms with Gasteiger partial charge >= 0.3 is 0 Å². The molecule has 110 valence electrons. The molecule has 2 aromatic rings. The number of rotatable bonds is 4. The SMILES string of the molecule is CC1C(c2ccccc2)Oc2ccccc2C1OCCO. The van der Waals surface area contributed by atoms with Gasteiger partial charge in [0.15, 0.2) is 0 Å². The number of aliphatic hydroxyl groups excluding tert-OH is 1. The summed E-state index contributed by atoms with van der Waals surface area (Å²) in [6, 6.07) is 18.2. The fourth-order valence-electron chi connectivity index (χ4n) is 2.94. The predicted molar refractivity (Wildman–Crippen MR) is 81.2 cm³/mol. The monoisotopic (exact) mass is 284 g/mol. The summed E-state index contributed by atoms with van der Waals surface area (Å²) in [7, 11) is 0. The summed E-state index contributed by atoms with van der Waals surface area (Å²) in [5, 5.41) is 9.06. The van der Waals surface area contributed by atoms with Gasteiger partial charge in [0.1, 0.15) is 11.9 Å². The molecule has 3 nitrogen and oxygen atoms in total. The van der Waals surface area contributed by atoms with Gasteiger partial charge in [0.2, 0.25) is 0 Å². The van der Waals surface area contributed by atoms with E-state index in [1.54, 1.807) is 0 Å². The standard InChI is InChI=1S/C18H20O3/c1-13-17(14-7-3-2-4-8-14)21-16-10-6-5-9-15(16)18(13)20-12-11-19/h2-10,13,17-19H,11-12H2,1H3. The molecule has 3 atom stereocenters. The van der Waals surface area contributed by atoms with Crippen LogP contribution in [0, 0.1) is 5.92 Å². The lowest BCUT2D eigenvalue weighted by molar-refractivity contribution is -0.0536. The van der Waals surface area contributed by atoms with Crippen molar-refractivity contribution in [2.45, 2.75) is 19.1 Å². The smallest absolute Gasteiger partial charge is 0.129 e. The first-order chi connectivity index (χ1) is 10.3. The molecule has 1 N–H and O–H groups in total. The first-order valence-corrected chi connectivity index (χ1v) is 7.34. The average molecular weight is 284 g/mol. The fourth-order valence-corrected chi connectivity index (χ4v) is 2.94. The largest absolute Gasteiger partial charge is 0.485 e. The van der Waals surface area contributed by atoms with Crippen LogP contribution in [0.2, 0.25) is 0 Å². The summed E-state index contributed by atoms with van der Waals surface area (Å²) >= 11 is 0. The third kappa shape index (κ3) is 2.80. The average Bonchev–Trinajstić information content (AvgIpc) is 2.54. The predicted octanol–water partition coefficient (Wildman–Crippen LogP) is 3.51. The van der Waals surface area contributed by atoms with Gasteiger partial charge in [-0.15, -0.1) is 0 Å². The van der Waals surface area contributed by atoms with E-state index in [2.05, 4.69) is 19.1 Å². The summed E-state index contributed by atoms with van der Waals surface area (Å²) in [5.41, 5.74) is 2.21. The van der Waals surface area contributed by atoms with Gasteiger partial charge in [-0.2, -0.15) is 0 Å². The molecule has 21 heavy (non-hydrogen) atoms. The molecule has 2 aromatic carbocycles. The Morgan fingerprint density at radius 1 is 1.05 bits per heavy atom. The van der Waals surface area contributed by atoms with Gasteiger partial charge in [0.05, 0.1) is 19.3 Å². The minimum absolute atomic E-state index is 0.0300. The molecule has 0 amide bonds. The van der Waals surface area contributed by atoms with Crippen LogP contribution in [0.4, 0.5) is 0 Å². The van der Waals surface area contributed by atoms with Crippen molar-refractivity contribution in [2.24, 2.45) is 5.92 Å². The second-order valence-corrected chi connectivity index (χ2v) is 5.36. The normalized spacial score (nSPS) is 24.2. The lowest BCUT2D eigenvalue weighted by atomic mass is 9.85. The van der Waals surface area contributed by atoms with Crippen molar-refractivity contribution >= 4 is 0 Å². The molecule has 1 heterocycles. The maximum absolute atomic E-state index is 9.06. The van der Waals surface area contributed by atoms with Crippen LogP contribution in [0.5, 0.6) is 5.75 Å². The van der Waals surface area contributed by atoms with Crippen LogP contribution in [0.3, 0.4) is 0 Å². The Kier molecular flexibility index (Phi) is 4.23. The molecule has 0 bridgehead atoms. The summed E-state index contributed by atoms with van der Waals surface area (Å²) in [5.74, 6) is 1.04. The number of benzene rings is 2.